The van der Waals surface area contributed by atoms with Gasteiger partial charge < -0.3 is 9.84 Å². The van der Waals surface area contributed by atoms with Crippen molar-refractivity contribution in [1.82, 2.24) is 9.78 Å². The highest BCUT2D eigenvalue weighted by molar-refractivity contribution is 5.28. The van der Waals surface area contributed by atoms with Crippen LogP contribution in [0.2, 0.25) is 0 Å². The minimum Gasteiger partial charge on any atom is -0.491 e. The fourth-order valence-electron chi connectivity index (χ4n) is 2.77. The van der Waals surface area contributed by atoms with Crippen molar-refractivity contribution < 1.29 is 23.0 Å². The molecule has 1 aliphatic rings. The van der Waals surface area contributed by atoms with Crippen molar-refractivity contribution in [2.24, 2.45) is 0 Å². The first-order valence-corrected chi connectivity index (χ1v) is 8.87. The summed E-state index contributed by atoms with van der Waals surface area (Å²) in [6.07, 6.45) is -3.60. The fourth-order valence-corrected chi connectivity index (χ4v) is 2.77. The second-order valence-electron chi connectivity index (χ2n) is 6.71. The molecule has 1 saturated carbocycles. The molecule has 0 amide bonds. The van der Waals surface area contributed by atoms with E-state index in [4.69, 9.17) is 4.74 Å². The third-order valence-corrected chi connectivity index (χ3v) is 4.43. The third kappa shape index (κ3) is 4.88. The average Bonchev–Trinajstić information content (AvgIpc) is 3.46. The Morgan fingerprint density at radius 3 is 2.70 bits per heavy atom. The lowest BCUT2D eigenvalue weighted by molar-refractivity contribution is -0.139. The van der Waals surface area contributed by atoms with Crippen molar-refractivity contribution in [1.29, 1.82) is 0 Å². The zero-order valence-electron chi connectivity index (χ0n) is 14.9. The van der Waals surface area contributed by atoms with Gasteiger partial charge >= 0.3 is 6.18 Å². The lowest BCUT2D eigenvalue weighted by Crippen LogP contribution is -2.36. The van der Waals surface area contributed by atoms with Crippen LogP contribution in [-0.2, 0) is 19.1 Å². The Labute approximate surface area is 154 Å². The van der Waals surface area contributed by atoms with Crippen LogP contribution in [0, 0.1) is 0 Å². The maximum Gasteiger partial charge on any atom is 0.421 e. The molecule has 2 aromatic rings. The minimum atomic E-state index is -4.76. The summed E-state index contributed by atoms with van der Waals surface area (Å²) in [5, 5.41) is 14.2. The molecule has 1 unspecified atom stereocenters. The largest absolute Gasteiger partial charge is 0.491 e. The zero-order valence-corrected chi connectivity index (χ0v) is 14.9. The van der Waals surface area contributed by atoms with Gasteiger partial charge in [0.2, 0.25) is 0 Å². The van der Waals surface area contributed by atoms with E-state index in [1.165, 1.54) is 0 Å². The molecule has 1 aromatic carbocycles. The Kier molecular flexibility index (Phi) is 5.55. The topological polar surface area (TPSA) is 64.3 Å². The van der Waals surface area contributed by atoms with Crippen LogP contribution in [0.1, 0.15) is 42.5 Å². The monoisotopic (exact) mass is 382 g/mol. The van der Waals surface area contributed by atoms with Crippen molar-refractivity contribution in [3.05, 3.63) is 57.5 Å². The summed E-state index contributed by atoms with van der Waals surface area (Å²) in [5.74, 6) is 0.500. The van der Waals surface area contributed by atoms with Crippen LogP contribution in [0.25, 0.3) is 0 Å². The molecule has 0 aliphatic heterocycles. The van der Waals surface area contributed by atoms with Gasteiger partial charge in [-0.2, -0.15) is 18.3 Å². The molecule has 1 atom stereocenters. The molecule has 1 N–H and O–H groups in total. The van der Waals surface area contributed by atoms with Gasteiger partial charge in [-0.15, -0.1) is 0 Å². The van der Waals surface area contributed by atoms with Gasteiger partial charge in [0.15, 0.2) is 0 Å². The second kappa shape index (κ2) is 7.72. The van der Waals surface area contributed by atoms with E-state index < -0.39 is 23.4 Å². The molecular formula is C19H21F3N2O3. The molecule has 1 heterocycles. The summed E-state index contributed by atoms with van der Waals surface area (Å²) in [6.45, 7) is 1.48. The highest BCUT2D eigenvalue weighted by Gasteiger charge is 2.37. The number of nitrogens with zero attached hydrogens (tertiary/aromatic N) is 2. The third-order valence-electron chi connectivity index (χ3n) is 4.43. The number of alkyl halides is 3. The molecule has 0 saturated heterocycles. The Morgan fingerprint density at radius 1 is 1.33 bits per heavy atom. The summed E-state index contributed by atoms with van der Waals surface area (Å²) in [5.41, 5.74) is -1.19. The smallest absolute Gasteiger partial charge is 0.421 e. The zero-order chi connectivity index (χ0) is 19.6. The van der Waals surface area contributed by atoms with Crippen LogP contribution in [0.4, 0.5) is 13.2 Å². The normalized spacial score (nSPS) is 15.6. The Hall–Kier alpha value is -2.35. The van der Waals surface area contributed by atoms with Crippen molar-refractivity contribution >= 4 is 0 Å². The summed E-state index contributed by atoms with van der Waals surface area (Å²) >= 11 is 0. The summed E-state index contributed by atoms with van der Waals surface area (Å²) < 4.78 is 45.6. The fraction of sp³-hybridized carbons (Fsp3) is 0.474. The van der Waals surface area contributed by atoms with E-state index in [1.807, 2.05) is 25.1 Å². The van der Waals surface area contributed by atoms with Gasteiger partial charge in [0.05, 0.1) is 12.2 Å². The van der Waals surface area contributed by atoms with E-state index in [-0.39, 0.29) is 24.8 Å². The van der Waals surface area contributed by atoms with Crippen molar-refractivity contribution in [3.8, 4) is 5.75 Å². The highest BCUT2D eigenvalue weighted by Crippen LogP contribution is 2.40. The van der Waals surface area contributed by atoms with E-state index in [1.54, 1.807) is 6.07 Å². The van der Waals surface area contributed by atoms with Crippen molar-refractivity contribution in [2.45, 2.75) is 50.9 Å². The lowest BCUT2D eigenvalue weighted by Gasteiger charge is -2.16. The Balaban J connectivity index is 1.74. The minimum absolute atomic E-state index is 0.0527. The van der Waals surface area contributed by atoms with E-state index in [0.29, 0.717) is 10.4 Å². The van der Waals surface area contributed by atoms with Gasteiger partial charge in [-0.25, -0.2) is 4.68 Å². The summed E-state index contributed by atoms with van der Waals surface area (Å²) in [6, 6.07) is 8.14. The van der Waals surface area contributed by atoms with Gasteiger partial charge in [-0.1, -0.05) is 19.1 Å². The Bertz CT molecular complexity index is 860. The predicted octanol–water partition coefficient (Wildman–Crippen LogP) is 3.14. The molecular weight excluding hydrogens is 361 g/mol. The van der Waals surface area contributed by atoms with Gasteiger partial charge in [0.1, 0.15) is 24.0 Å². The lowest BCUT2D eigenvalue weighted by atomic mass is 10.2. The van der Waals surface area contributed by atoms with Crippen LogP contribution >= 0.6 is 0 Å². The number of halogens is 3. The van der Waals surface area contributed by atoms with Gasteiger partial charge in [-0.05, 0) is 43.0 Å². The molecule has 146 valence electrons. The number of hydrogen-bond donors (Lipinski definition) is 1. The number of benzene rings is 1. The average molecular weight is 382 g/mol. The first kappa shape index (κ1) is 19.4. The van der Waals surface area contributed by atoms with Crippen LogP contribution in [0.3, 0.4) is 0 Å². The standard InChI is InChI=1S/C19H21F3N2O3/c1-2-12-4-3-5-15(8-12)27-11-14(25)10-24-18(26)16(19(20,21)22)9-17(23-24)13-6-7-13/h3-5,8-9,13-14,25H,2,6-7,10-11H2,1H3. The maximum absolute atomic E-state index is 13.1. The SMILES string of the molecule is CCc1cccc(OCC(O)Cn2nc(C3CC3)cc(C(F)(F)F)c2=O)c1. The second-order valence-corrected chi connectivity index (χ2v) is 6.71. The Morgan fingerprint density at radius 2 is 2.07 bits per heavy atom. The van der Waals surface area contributed by atoms with E-state index in [0.717, 1.165) is 30.9 Å². The number of aliphatic hydroxyl groups is 1. The molecule has 5 nitrogen and oxygen atoms in total. The molecule has 1 aromatic heterocycles. The van der Waals surface area contributed by atoms with Crippen molar-refractivity contribution in [3.63, 3.8) is 0 Å². The molecule has 3 rings (SSSR count). The predicted molar refractivity (Wildman–Crippen MR) is 92.8 cm³/mol. The number of aliphatic hydroxyl groups excluding tert-OH is 1. The quantitative estimate of drug-likeness (QED) is 0.799. The van der Waals surface area contributed by atoms with Crippen molar-refractivity contribution in [2.75, 3.05) is 6.61 Å². The van der Waals surface area contributed by atoms with Crippen LogP contribution in [-0.4, -0.2) is 27.6 Å². The summed E-state index contributed by atoms with van der Waals surface area (Å²) in [7, 11) is 0. The van der Waals surface area contributed by atoms with E-state index in [9.17, 15) is 23.1 Å². The molecule has 1 fully saturated rings. The molecule has 0 spiro atoms. The highest BCUT2D eigenvalue weighted by atomic mass is 19.4. The molecule has 0 radical (unpaired) electrons. The molecule has 8 heteroatoms. The van der Waals surface area contributed by atoms with E-state index >= 15 is 0 Å². The van der Waals surface area contributed by atoms with Gasteiger partial charge in [0.25, 0.3) is 5.56 Å². The number of aromatic nitrogens is 2. The first-order chi connectivity index (χ1) is 12.8. The maximum atomic E-state index is 13.1. The van der Waals surface area contributed by atoms with Crippen LogP contribution in [0.5, 0.6) is 5.75 Å². The van der Waals surface area contributed by atoms with E-state index in [2.05, 4.69) is 5.10 Å². The number of rotatable bonds is 7. The number of aryl methyl sites for hydroxylation is 1. The van der Waals surface area contributed by atoms with Gasteiger partial charge in [0, 0.05) is 5.92 Å². The molecule has 1 aliphatic carbocycles. The number of hydrogen-bond acceptors (Lipinski definition) is 4. The first-order valence-electron chi connectivity index (χ1n) is 8.87. The van der Waals surface area contributed by atoms with Crippen LogP contribution < -0.4 is 10.3 Å². The number of ether oxygens (including phenoxy) is 1. The molecule has 27 heavy (non-hydrogen) atoms. The van der Waals surface area contributed by atoms with Gasteiger partial charge in [-0.3, -0.25) is 4.79 Å². The van der Waals surface area contributed by atoms with Crippen LogP contribution in [0.15, 0.2) is 35.1 Å². The summed E-state index contributed by atoms with van der Waals surface area (Å²) in [4.78, 5) is 12.1. The molecule has 0 bridgehead atoms.